The molecule has 0 saturated heterocycles. The molecule has 0 aliphatic heterocycles. The monoisotopic (exact) mass is 114 g/mol. The van der Waals surface area contributed by atoms with Crippen LogP contribution in [0.3, 0.4) is 0 Å². The fraction of sp³-hybridized carbons (Fsp3) is 0.600. The van der Waals surface area contributed by atoms with Gasteiger partial charge in [0.05, 0.1) is 0 Å². The highest BCUT2D eigenvalue weighted by atomic mass is 28.2. The van der Waals surface area contributed by atoms with E-state index < -0.39 is 0 Å². The van der Waals surface area contributed by atoms with Crippen LogP contribution in [-0.4, -0.2) is 16.9 Å². The van der Waals surface area contributed by atoms with Gasteiger partial charge in [-0.3, -0.25) is 0 Å². The zero-order valence-electron chi connectivity index (χ0n) is 4.77. The summed E-state index contributed by atoms with van der Waals surface area (Å²) in [5.41, 5.74) is 2.04. The van der Waals surface area contributed by atoms with Crippen LogP contribution in [0.5, 0.6) is 0 Å². The minimum Gasteiger partial charge on any atom is -0.415 e. The van der Waals surface area contributed by atoms with Gasteiger partial charge >= 0.3 is 0 Å². The van der Waals surface area contributed by atoms with Crippen LogP contribution in [0.1, 0.15) is 13.3 Å². The quantitative estimate of drug-likeness (QED) is 0.500. The van der Waals surface area contributed by atoms with Crippen molar-refractivity contribution < 1.29 is 4.43 Å². The van der Waals surface area contributed by atoms with E-state index in [0.29, 0.717) is 9.76 Å². The Morgan fingerprint density at radius 2 is 2.43 bits per heavy atom. The molecular formula is C5H10OSi. The third kappa shape index (κ3) is 5.92. The van der Waals surface area contributed by atoms with Crippen LogP contribution < -0.4 is 0 Å². The van der Waals surface area contributed by atoms with E-state index in [1.54, 1.807) is 7.11 Å². The van der Waals surface area contributed by atoms with Crippen LogP contribution in [0.2, 0.25) is 0 Å². The minimum atomic E-state index is 0.541. The highest BCUT2D eigenvalue weighted by molar-refractivity contribution is 6.34. The molecule has 0 bridgehead atoms. The molecule has 0 atom stereocenters. The summed E-state index contributed by atoms with van der Waals surface area (Å²) in [4.78, 5) is 0. The first-order valence-electron chi connectivity index (χ1n) is 2.35. The van der Waals surface area contributed by atoms with Crippen molar-refractivity contribution in [2.75, 3.05) is 7.11 Å². The van der Waals surface area contributed by atoms with E-state index in [9.17, 15) is 0 Å². The number of hydrogen-bond acceptors (Lipinski definition) is 1. The Balaban J connectivity index is 2.78. The molecule has 0 aromatic rings. The molecule has 0 amide bonds. The normalized spacial score (nSPS) is 10.6. The largest absolute Gasteiger partial charge is 0.415 e. The van der Waals surface area contributed by atoms with Crippen LogP contribution in [0.15, 0.2) is 11.8 Å². The fourth-order valence-corrected chi connectivity index (χ4v) is 0.702. The topological polar surface area (TPSA) is 9.23 Å². The second-order valence-corrected chi connectivity index (χ2v) is 2.11. The molecule has 0 rings (SSSR count). The lowest BCUT2D eigenvalue weighted by Crippen LogP contribution is -1.85. The molecule has 40 valence electrons. The van der Waals surface area contributed by atoms with Crippen molar-refractivity contribution in [1.82, 2.24) is 0 Å². The van der Waals surface area contributed by atoms with E-state index in [4.69, 9.17) is 4.43 Å². The Morgan fingerprint density at radius 3 is 2.86 bits per heavy atom. The fourth-order valence-electron chi connectivity index (χ4n) is 0.234. The summed E-state index contributed by atoms with van der Waals surface area (Å²) in [6.45, 7) is 2.11. The average Bonchev–Trinajstić information content (AvgIpc) is 1.69. The van der Waals surface area contributed by atoms with Crippen molar-refractivity contribution in [3.8, 4) is 0 Å². The smallest absolute Gasteiger partial charge is 0.259 e. The van der Waals surface area contributed by atoms with Gasteiger partial charge in [0.15, 0.2) is 0 Å². The molecule has 2 heteroatoms. The molecule has 0 aliphatic rings. The molecule has 7 heavy (non-hydrogen) atoms. The third-order valence-corrected chi connectivity index (χ3v) is 1.15. The average molecular weight is 114 g/mol. The standard InChI is InChI=1S/C5H10OSi/c1-3-4-5-7-6-2/h4-5H,3H2,1-2H3/b5-4+. The zero-order valence-corrected chi connectivity index (χ0v) is 5.77. The second-order valence-electron chi connectivity index (χ2n) is 1.13. The maximum atomic E-state index is 4.78. The van der Waals surface area contributed by atoms with Gasteiger partial charge in [0.2, 0.25) is 0 Å². The van der Waals surface area contributed by atoms with Crippen LogP contribution in [-0.2, 0) is 4.43 Å². The van der Waals surface area contributed by atoms with E-state index in [2.05, 4.69) is 13.0 Å². The van der Waals surface area contributed by atoms with Crippen molar-refractivity contribution in [1.29, 1.82) is 0 Å². The summed E-state index contributed by atoms with van der Waals surface area (Å²) in [6.07, 6.45) is 3.21. The Labute approximate surface area is 47.3 Å². The van der Waals surface area contributed by atoms with Crippen LogP contribution in [0.4, 0.5) is 0 Å². The van der Waals surface area contributed by atoms with Gasteiger partial charge in [0.1, 0.15) is 0 Å². The molecule has 0 N–H and O–H groups in total. The van der Waals surface area contributed by atoms with Gasteiger partial charge < -0.3 is 4.43 Å². The first-order chi connectivity index (χ1) is 3.41. The molecule has 2 radical (unpaired) electrons. The lowest BCUT2D eigenvalue weighted by Gasteiger charge is -1.80. The molecule has 1 nitrogen and oxygen atoms in total. The van der Waals surface area contributed by atoms with E-state index in [-0.39, 0.29) is 0 Å². The van der Waals surface area contributed by atoms with E-state index in [1.807, 2.05) is 5.70 Å². The van der Waals surface area contributed by atoms with Crippen molar-refractivity contribution in [3.63, 3.8) is 0 Å². The predicted molar refractivity (Wildman–Crippen MR) is 32.2 cm³/mol. The summed E-state index contributed by atoms with van der Waals surface area (Å²) in [6, 6.07) is 0. The highest BCUT2D eigenvalue weighted by Gasteiger charge is 1.71. The van der Waals surface area contributed by atoms with Gasteiger partial charge in [0.25, 0.3) is 9.76 Å². The van der Waals surface area contributed by atoms with Gasteiger partial charge in [-0.15, -0.1) is 0 Å². The van der Waals surface area contributed by atoms with Gasteiger partial charge in [0, 0.05) is 7.11 Å². The summed E-state index contributed by atoms with van der Waals surface area (Å²) in [5, 5.41) is 0. The molecular weight excluding hydrogens is 104 g/mol. The van der Waals surface area contributed by atoms with Gasteiger partial charge in [-0.05, 0) is 6.42 Å². The Morgan fingerprint density at radius 1 is 1.71 bits per heavy atom. The Bertz CT molecular complexity index is 52.0. The summed E-state index contributed by atoms with van der Waals surface area (Å²) >= 11 is 0. The van der Waals surface area contributed by atoms with Gasteiger partial charge in [-0.2, -0.15) is 0 Å². The molecule has 0 heterocycles. The van der Waals surface area contributed by atoms with Crippen molar-refractivity contribution in [2.24, 2.45) is 0 Å². The SMILES string of the molecule is CC/C=C/[Si]OC. The molecule has 0 spiro atoms. The lowest BCUT2D eigenvalue weighted by molar-refractivity contribution is 0.449. The second kappa shape index (κ2) is 5.92. The minimum absolute atomic E-state index is 0.541. The maximum absolute atomic E-state index is 4.78. The number of hydrogen-bond donors (Lipinski definition) is 0. The maximum Gasteiger partial charge on any atom is 0.259 e. The molecule has 0 fully saturated rings. The first-order valence-corrected chi connectivity index (χ1v) is 3.34. The summed E-state index contributed by atoms with van der Waals surface area (Å²) in [7, 11) is 2.25. The Kier molecular flexibility index (Phi) is 5.85. The van der Waals surface area contributed by atoms with Crippen LogP contribution in [0, 0.1) is 0 Å². The summed E-state index contributed by atoms with van der Waals surface area (Å²) < 4.78 is 4.78. The van der Waals surface area contributed by atoms with Crippen LogP contribution >= 0.6 is 0 Å². The molecule has 0 unspecified atom stereocenters. The van der Waals surface area contributed by atoms with Crippen LogP contribution in [0.25, 0.3) is 0 Å². The Hall–Kier alpha value is -0.0831. The van der Waals surface area contributed by atoms with Crippen molar-refractivity contribution in [2.45, 2.75) is 13.3 Å². The zero-order chi connectivity index (χ0) is 5.54. The predicted octanol–water partition coefficient (Wildman–Crippen LogP) is 1.18. The molecule has 0 aromatic carbocycles. The van der Waals surface area contributed by atoms with E-state index in [0.717, 1.165) is 6.42 Å². The molecule has 0 saturated carbocycles. The number of allylic oxidation sites excluding steroid dienone is 1. The van der Waals surface area contributed by atoms with Gasteiger partial charge in [-0.1, -0.05) is 18.7 Å². The van der Waals surface area contributed by atoms with Gasteiger partial charge in [-0.25, -0.2) is 0 Å². The molecule has 0 aliphatic carbocycles. The van der Waals surface area contributed by atoms with E-state index in [1.165, 1.54) is 0 Å². The number of rotatable bonds is 3. The highest BCUT2D eigenvalue weighted by Crippen LogP contribution is 1.75. The third-order valence-electron chi connectivity index (χ3n) is 0.539. The van der Waals surface area contributed by atoms with Crippen molar-refractivity contribution >= 4 is 9.76 Å². The first kappa shape index (κ1) is 6.92. The lowest BCUT2D eigenvalue weighted by atomic mass is 10.5. The summed E-state index contributed by atoms with van der Waals surface area (Å²) in [5.74, 6) is 0. The molecule has 0 aromatic heterocycles. The van der Waals surface area contributed by atoms with E-state index >= 15 is 0 Å². The van der Waals surface area contributed by atoms with Crippen molar-refractivity contribution in [3.05, 3.63) is 11.8 Å².